The van der Waals surface area contributed by atoms with Gasteiger partial charge in [-0.3, -0.25) is 9.59 Å². The lowest BCUT2D eigenvalue weighted by molar-refractivity contribution is -0.139. The van der Waals surface area contributed by atoms with E-state index in [1.54, 1.807) is 0 Å². The van der Waals surface area contributed by atoms with Gasteiger partial charge in [-0.15, -0.1) is 12.4 Å². The number of fused-ring (bicyclic) bond motifs is 2. The van der Waals surface area contributed by atoms with Gasteiger partial charge in [-0.05, 0) is 43.9 Å². The molecule has 25 heavy (non-hydrogen) atoms. The summed E-state index contributed by atoms with van der Waals surface area (Å²) < 4.78 is 0. The highest BCUT2D eigenvalue weighted by atomic mass is 35.5. The van der Waals surface area contributed by atoms with Gasteiger partial charge < -0.3 is 15.5 Å². The molecule has 2 unspecified atom stereocenters. The fraction of sp³-hybridized carbons (Fsp3) is 0.895. The van der Waals surface area contributed by atoms with Gasteiger partial charge in [-0.25, -0.2) is 0 Å². The van der Waals surface area contributed by atoms with Crippen molar-refractivity contribution in [2.24, 2.45) is 29.4 Å². The monoisotopic (exact) mass is 371 g/mol. The van der Waals surface area contributed by atoms with Gasteiger partial charge in [-0.2, -0.15) is 0 Å². The van der Waals surface area contributed by atoms with Gasteiger partial charge in [0.1, 0.15) is 0 Å². The molecular weight excluding hydrogens is 338 g/mol. The molecule has 0 spiro atoms. The van der Waals surface area contributed by atoms with E-state index in [2.05, 4.69) is 0 Å². The molecule has 2 amide bonds. The predicted molar refractivity (Wildman–Crippen MR) is 101 cm³/mol. The standard InChI is InChI=1S/C19H33N3O2.ClH/c1-13(2)18(23)21-7-4-8-22(10-9-21)19(24)16-11-14-5-3-6-15(12-16)17(14)20;/h13-17H,3-12,20H2,1-2H3;1H. The summed E-state index contributed by atoms with van der Waals surface area (Å²) in [4.78, 5) is 29.2. The molecule has 2 aliphatic carbocycles. The molecule has 1 heterocycles. The summed E-state index contributed by atoms with van der Waals surface area (Å²) in [5.74, 6) is 1.80. The fourth-order valence-corrected chi connectivity index (χ4v) is 4.97. The van der Waals surface area contributed by atoms with Crippen LogP contribution < -0.4 is 5.73 Å². The number of carbonyl (C=O) groups is 2. The van der Waals surface area contributed by atoms with Crippen LogP contribution in [0.15, 0.2) is 0 Å². The molecule has 6 heteroatoms. The Morgan fingerprint density at radius 2 is 1.48 bits per heavy atom. The molecule has 2 saturated carbocycles. The molecule has 3 aliphatic rings. The number of carbonyl (C=O) groups excluding carboxylic acids is 2. The Kier molecular flexibility index (Phi) is 7.15. The van der Waals surface area contributed by atoms with Crippen molar-refractivity contribution in [2.45, 2.75) is 58.4 Å². The molecule has 1 saturated heterocycles. The number of hydrogen-bond acceptors (Lipinski definition) is 3. The number of nitrogens with two attached hydrogens (primary N) is 1. The van der Waals surface area contributed by atoms with Gasteiger partial charge in [0.05, 0.1) is 0 Å². The highest BCUT2D eigenvalue weighted by molar-refractivity contribution is 5.85. The summed E-state index contributed by atoms with van der Waals surface area (Å²) >= 11 is 0. The molecular formula is C19H34ClN3O2. The number of hydrogen-bond donors (Lipinski definition) is 1. The van der Waals surface area contributed by atoms with Crippen LogP contribution in [0.2, 0.25) is 0 Å². The van der Waals surface area contributed by atoms with E-state index in [0.717, 1.165) is 32.4 Å². The maximum absolute atomic E-state index is 13.0. The average molecular weight is 372 g/mol. The smallest absolute Gasteiger partial charge is 0.225 e. The quantitative estimate of drug-likeness (QED) is 0.809. The van der Waals surface area contributed by atoms with Gasteiger partial charge in [0.15, 0.2) is 0 Å². The second-order valence-electron chi connectivity index (χ2n) is 8.36. The van der Waals surface area contributed by atoms with E-state index < -0.39 is 0 Å². The Balaban J connectivity index is 0.00000225. The molecule has 2 N–H and O–H groups in total. The van der Waals surface area contributed by atoms with Crippen LogP contribution in [0.4, 0.5) is 0 Å². The van der Waals surface area contributed by atoms with E-state index in [1.165, 1.54) is 19.3 Å². The van der Waals surface area contributed by atoms with Crippen molar-refractivity contribution in [3.8, 4) is 0 Å². The molecule has 3 rings (SSSR count). The summed E-state index contributed by atoms with van der Waals surface area (Å²) in [6.07, 6.45) is 6.50. The third-order valence-corrected chi connectivity index (χ3v) is 6.38. The van der Waals surface area contributed by atoms with E-state index in [0.29, 0.717) is 36.9 Å². The van der Waals surface area contributed by atoms with Crippen LogP contribution >= 0.6 is 12.4 Å². The summed E-state index contributed by atoms with van der Waals surface area (Å²) in [5.41, 5.74) is 6.36. The number of halogens is 1. The summed E-state index contributed by atoms with van der Waals surface area (Å²) in [7, 11) is 0. The number of nitrogens with zero attached hydrogens (tertiary/aromatic N) is 2. The van der Waals surface area contributed by atoms with Crippen molar-refractivity contribution in [1.82, 2.24) is 9.80 Å². The van der Waals surface area contributed by atoms with Crippen LogP contribution in [0.5, 0.6) is 0 Å². The molecule has 0 aromatic rings. The van der Waals surface area contributed by atoms with E-state index >= 15 is 0 Å². The third kappa shape index (κ3) is 4.48. The van der Waals surface area contributed by atoms with Crippen LogP contribution in [-0.2, 0) is 9.59 Å². The van der Waals surface area contributed by atoms with Crippen molar-refractivity contribution in [1.29, 1.82) is 0 Å². The molecule has 0 radical (unpaired) electrons. The normalized spacial score (nSPS) is 32.8. The lowest BCUT2D eigenvalue weighted by atomic mass is 9.65. The first-order chi connectivity index (χ1) is 11.5. The first-order valence-electron chi connectivity index (χ1n) is 9.80. The minimum atomic E-state index is 0. The Morgan fingerprint density at radius 1 is 0.920 bits per heavy atom. The van der Waals surface area contributed by atoms with Crippen molar-refractivity contribution in [3.05, 3.63) is 0 Å². The molecule has 1 aliphatic heterocycles. The first kappa shape index (κ1) is 20.5. The van der Waals surface area contributed by atoms with Crippen LogP contribution in [-0.4, -0.2) is 53.8 Å². The molecule has 144 valence electrons. The Hall–Kier alpha value is -0.810. The molecule has 0 aromatic heterocycles. The molecule has 3 fully saturated rings. The molecule has 2 bridgehead atoms. The van der Waals surface area contributed by atoms with E-state index in [1.807, 2.05) is 23.6 Å². The second kappa shape index (κ2) is 8.72. The van der Waals surface area contributed by atoms with Crippen molar-refractivity contribution < 1.29 is 9.59 Å². The zero-order valence-corrected chi connectivity index (χ0v) is 16.5. The molecule has 0 aromatic carbocycles. The van der Waals surface area contributed by atoms with Crippen molar-refractivity contribution >= 4 is 24.2 Å². The van der Waals surface area contributed by atoms with Crippen LogP contribution in [0.3, 0.4) is 0 Å². The van der Waals surface area contributed by atoms with Gasteiger partial charge >= 0.3 is 0 Å². The van der Waals surface area contributed by atoms with Gasteiger partial charge in [0.25, 0.3) is 0 Å². The second-order valence-corrected chi connectivity index (χ2v) is 8.36. The Morgan fingerprint density at radius 3 is 2.08 bits per heavy atom. The van der Waals surface area contributed by atoms with Crippen LogP contribution in [0.25, 0.3) is 0 Å². The van der Waals surface area contributed by atoms with Gasteiger partial charge in [0, 0.05) is 44.1 Å². The number of amides is 2. The summed E-state index contributed by atoms with van der Waals surface area (Å²) in [6, 6.07) is 0.311. The van der Waals surface area contributed by atoms with Gasteiger partial charge in [0.2, 0.25) is 11.8 Å². The summed E-state index contributed by atoms with van der Waals surface area (Å²) in [5, 5.41) is 0. The minimum absolute atomic E-state index is 0. The summed E-state index contributed by atoms with van der Waals surface area (Å²) in [6.45, 7) is 6.83. The van der Waals surface area contributed by atoms with Crippen molar-refractivity contribution in [3.63, 3.8) is 0 Å². The molecule has 2 atom stereocenters. The SMILES string of the molecule is CC(C)C(=O)N1CCCN(C(=O)C2CC3CCCC(C2)C3N)CC1.Cl. The zero-order chi connectivity index (χ0) is 17.3. The van der Waals surface area contributed by atoms with Gasteiger partial charge in [-0.1, -0.05) is 20.3 Å². The van der Waals surface area contributed by atoms with E-state index in [-0.39, 0.29) is 30.2 Å². The van der Waals surface area contributed by atoms with Crippen LogP contribution in [0, 0.1) is 23.7 Å². The average Bonchev–Trinajstić information content (AvgIpc) is 2.79. The van der Waals surface area contributed by atoms with E-state index in [4.69, 9.17) is 5.73 Å². The minimum Gasteiger partial charge on any atom is -0.341 e. The first-order valence-corrected chi connectivity index (χ1v) is 9.80. The fourth-order valence-electron chi connectivity index (χ4n) is 4.97. The lowest BCUT2D eigenvalue weighted by Gasteiger charge is -2.44. The van der Waals surface area contributed by atoms with E-state index in [9.17, 15) is 9.59 Å². The third-order valence-electron chi connectivity index (χ3n) is 6.38. The predicted octanol–water partition coefficient (Wildman–Crippen LogP) is 2.28. The Labute approximate surface area is 158 Å². The maximum atomic E-state index is 13.0. The highest BCUT2D eigenvalue weighted by Crippen LogP contribution is 2.42. The highest BCUT2D eigenvalue weighted by Gasteiger charge is 2.41. The maximum Gasteiger partial charge on any atom is 0.225 e. The zero-order valence-electron chi connectivity index (χ0n) is 15.7. The lowest BCUT2D eigenvalue weighted by Crippen LogP contribution is -2.50. The number of rotatable bonds is 2. The molecule has 5 nitrogen and oxygen atoms in total. The topological polar surface area (TPSA) is 66.6 Å². The largest absolute Gasteiger partial charge is 0.341 e. The van der Waals surface area contributed by atoms with Crippen molar-refractivity contribution in [2.75, 3.05) is 26.2 Å². The van der Waals surface area contributed by atoms with Crippen LogP contribution in [0.1, 0.15) is 52.4 Å². The Bertz CT molecular complexity index is 471.